The lowest BCUT2D eigenvalue weighted by Gasteiger charge is -2.07. The molecule has 2 aromatic rings. The first-order valence-corrected chi connectivity index (χ1v) is 5.61. The van der Waals surface area contributed by atoms with Crippen molar-refractivity contribution in [3.8, 4) is 5.75 Å². The van der Waals surface area contributed by atoms with Gasteiger partial charge < -0.3 is 15.0 Å². The summed E-state index contributed by atoms with van der Waals surface area (Å²) in [6.45, 7) is 0. The quantitative estimate of drug-likeness (QED) is 0.828. The van der Waals surface area contributed by atoms with Gasteiger partial charge in [-0.25, -0.2) is 4.98 Å². The van der Waals surface area contributed by atoms with Crippen molar-refractivity contribution >= 4 is 17.4 Å². The largest absolute Gasteiger partial charge is 0.497 e. The van der Waals surface area contributed by atoms with Gasteiger partial charge in [0.05, 0.1) is 7.11 Å². The van der Waals surface area contributed by atoms with Crippen LogP contribution in [0.5, 0.6) is 5.75 Å². The Morgan fingerprint density at radius 2 is 2.25 bits per heavy atom. The lowest BCUT2D eigenvalue weighted by atomic mass is 10.3. The molecule has 0 aliphatic carbocycles. The summed E-state index contributed by atoms with van der Waals surface area (Å²) in [6.07, 6.45) is 3.67. The fourth-order valence-electron chi connectivity index (χ4n) is 1.30. The molecule has 5 heteroatoms. The summed E-state index contributed by atoms with van der Waals surface area (Å²) in [7, 11) is 3.58. The maximum atomic E-state index is 5.93. The maximum Gasteiger partial charge on any atom is 0.172 e. The number of nitrogens with two attached hydrogens (primary N) is 1. The molecule has 0 aliphatic heterocycles. The number of methoxy groups -OCH3 is 1. The summed E-state index contributed by atoms with van der Waals surface area (Å²) >= 11 is 1.54. The number of aromatic nitrogens is 2. The Morgan fingerprint density at radius 3 is 2.81 bits per heavy atom. The molecular weight excluding hydrogens is 222 g/mol. The van der Waals surface area contributed by atoms with Crippen LogP contribution in [0, 0.1) is 0 Å². The number of benzene rings is 1. The van der Waals surface area contributed by atoms with E-state index < -0.39 is 0 Å². The van der Waals surface area contributed by atoms with Crippen LogP contribution in [0.4, 0.5) is 5.69 Å². The van der Waals surface area contributed by atoms with Gasteiger partial charge in [0.25, 0.3) is 0 Å². The molecule has 0 aliphatic rings. The van der Waals surface area contributed by atoms with E-state index in [0.29, 0.717) is 5.69 Å². The van der Waals surface area contributed by atoms with Crippen LogP contribution in [0.3, 0.4) is 0 Å². The van der Waals surface area contributed by atoms with E-state index in [2.05, 4.69) is 4.98 Å². The van der Waals surface area contributed by atoms with Gasteiger partial charge in [0.15, 0.2) is 5.16 Å². The standard InChI is InChI=1S/C11H13N3OS/c1-14-6-5-13-11(14)16-10-4-3-8(15-2)7-9(10)12/h3-7H,12H2,1-2H3. The van der Waals surface area contributed by atoms with Gasteiger partial charge >= 0.3 is 0 Å². The molecule has 0 atom stereocenters. The summed E-state index contributed by atoms with van der Waals surface area (Å²) in [4.78, 5) is 5.22. The highest BCUT2D eigenvalue weighted by Crippen LogP contribution is 2.32. The molecule has 4 nitrogen and oxygen atoms in total. The van der Waals surface area contributed by atoms with Crippen LogP contribution in [0.2, 0.25) is 0 Å². The van der Waals surface area contributed by atoms with E-state index in [1.54, 1.807) is 13.3 Å². The number of aryl methyl sites for hydroxylation is 1. The highest BCUT2D eigenvalue weighted by atomic mass is 32.2. The Bertz CT molecular complexity index is 496. The van der Waals surface area contributed by atoms with Gasteiger partial charge in [0.1, 0.15) is 5.75 Å². The average Bonchev–Trinajstić information content (AvgIpc) is 2.67. The SMILES string of the molecule is COc1ccc(Sc2nccn2C)c(N)c1. The Morgan fingerprint density at radius 1 is 1.44 bits per heavy atom. The summed E-state index contributed by atoms with van der Waals surface area (Å²) in [5.74, 6) is 0.765. The lowest BCUT2D eigenvalue weighted by Crippen LogP contribution is -1.93. The van der Waals surface area contributed by atoms with Crippen molar-refractivity contribution in [3.05, 3.63) is 30.6 Å². The van der Waals surface area contributed by atoms with Crippen molar-refractivity contribution in [2.24, 2.45) is 7.05 Å². The number of rotatable bonds is 3. The Hall–Kier alpha value is -1.62. The first kappa shape index (κ1) is 10.9. The molecule has 1 aromatic carbocycles. The van der Waals surface area contributed by atoms with Crippen LogP contribution in [-0.4, -0.2) is 16.7 Å². The molecule has 0 unspecified atom stereocenters. The second-order valence-electron chi connectivity index (χ2n) is 3.33. The van der Waals surface area contributed by atoms with Gasteiger partial charge in [0, 0.05) is 36.1 Å². The molecule has 0 bridgehead atoms. The highest BCUT2D eigenvalue weighted by molar-refractivity contribution is 7.99. The van der Waals surface area contributed by atoms with Crippen LogP contribution < -0.4 is 10.5 Å². The van der Waals surface area contributed by atoms with E-state index >= 15 is 0 Å². The van der Waals surface area contributed by atoms with E-state index in [9.17, 15) is 0 Å². The van der Waals surface area contributed by atoms with Gasteiger partial charge in [-0.05, 0) is 23.9 Å². The van der Waals surface area contributed by atoms with E-state index in [-0.39, 0.29) is 0 Å². The molecule has 0 saturated heterocycles. The van der Waals surface area contributed by atoms with E-state index in [4.69, 9.17) is 10.5 Å². The summed E-state index contributed by atoms with van der Waals surface area (Å²) in [6, 6.07) is 5.64. The Labute approximate surface area is 98.4 Å². The lowest BCUT2D eigenvalue weighted by molar-refractivity contribution is 0.415. The van der Waals surface area contributed by atoms with Crippen LogP contribution in [0.1, 0.15) is 0 Å². The van der Waals surface area contributed by atoms with Crippen molar-refractivity contribution in [2.75, 3.05) is 12.8 Å². The number of nitrogens with zero attached hydrogens (tertiary/aromatic N) is 2. The number of hydrogen-bond acceptors (Lipinski definition) is 4. The smallest absolute Gasteiger partial charge is 0.172 e. The molecule has 1 heterocycles. The van der Waals surface area contributed by atoms with E-state index in [1.165, 1.54) is 11.8 Å². The molecular formula is C11H13N3OS. The molecule has 16 heavy (non-hydrogen) atoms. The van der Waals surface area contributed by atoms with Crippen molar-refractivity contribution in [1.29, 1.82) is 0 Å². The van der Waals surface area contributed by atoms with Crippen molar-refractivity contribution in [3.63, 3.8) is 0 Å². The van der Waals surface area contributed by atoms with Gasteiger partial charge in [-0.1, -0.05) is 0 Å². The van der Waals surface area contributed by atoms with Crippen LogP contribution in [0.15, 0.2) is 40.6 Å². The van der Waals surface area contributed by atoms with E-state index in [1.807, 2.05) is 36.0 Å². The number of hydrogen-bond donors (Lipinski definition) is 1. The molecule has 0 saturated carbocycles. The Kier molecular flexibility index (Phi) is 3.05. The normalized spacial score (nSPS) is 10.4. The number of nitrogen functional groups attached to an aromatic ring is 1. The molecule has 1 aromatic heterocycles. The second-order valence-corrected chi connectivity index (χ2v) is 4.34. The Balaban J connectivity index is 2.25. The van der Waals surface area contributed by atoms with Gasteiger partial charge in [-0.2, -0.15) is 0 Å². The monoisotopic (exact) mass is 235 g/mol. The number of imidazole rings is 1. The maximum absolute atomic E-state index is 5.93. The van der Waals surface area contributed by atoms with Crippen LogP contribution >= 0.6 is 11.8 Å². The summed E-state index contributed by atoms with van der Waals surface area (Å²) in [5.41, 5.74) is 6.63. The molecule has 0 amide bonds. The second kappa shape index (κ2) is 4.49. The van der Waals surface area contributed by atoms with Crippen LogP contribution in [-0.2, 0) is 7.05 Å². The zero-order chi connectivity index (χ0) is 11.5. The van der Waals surface area contributed by atoms with Gasteiger partial charge in [-0.3, -0.25) is 0 Å². The minimum absolute atomic E-state index is 0.701. The predicted octanol–water partition coefficient (Wildman–Crippen LogP) is 2.16. The minimum atomic E-state index is 0.701. The molecule has 84 valence electrons. The highest BCUT2D eigenvalue weighted by Gasteiger charge is 2.06. The van der Waals surface area contributed by atoms with Gasteiger partial charge in [-0.15, -0.1) is 0 Å². The number of anilines is 1. The topological polar surface area (TPSA) is 53.1 Å². The van der Waals surface area contributed by atoms with Gasteiger partial charge in [0.2, 0.25) is 0 Å². The van der Waals surface area contributed by atoms with Crippen molar-refractivity contribution < 1.29 is 4.74 Å². The zero-order valence-electron chi connectivity index (χ0n) is 9.18. The molecule has 0 spiro atoms. The van der Waals surface area contributed by atoms with Crippen LogP contribution in [0.25, 0.3) is 0 Å². The molecule has 0 radical (unpaired) electrons. The summed E-state index contributed by atoms with van der Waals surface area (Å²) in [5, 5.41) is 0.914. The third kappa shape index (κ3) is 2.14. The summed E-state index contributed by atoms with van der Waals surface area (Å²) < 4.78 is 7.05. The molecule has 2 N–H and O–H groups in total. The predicted molar refractivity (Wildman–Crippen MR) is 64.7 cm³/mol. The fourth-order valence-corrected chi connectivity index (χ4v) is 2.12. The zero-order valence-corrected chi connectivity index (χ0v) is 9.99. The first-order chi connectivity index (χ1) is 7.70. The third-order valence-corrected chi connectivity index (χ3v) is 3.36. The fraction of sp³-hybridized carbons (Fsp3) is 0.182. The van der Waals surface area contributed by atoms with Crippen molar-refractivity contribution in [2.45, 2.75) is 10.1 Å². The molecule has 0 fully saturated rings. The third-order valence-electron chi connectivity index (χ3n) is 2.20. The van der Waals surface area contributed by atoms with Crippen molar-refractivity contribution in [1.82, 2.24) is 9.55 Å². The van der Waals surface area contributed by atoms with E-state index in [0.717, 1.165) is 15.8 Å². The first-order valence-electron chi connectivity index (χ1n) is 4.79. The molecule has 2 rings (SSSR count). The average molecular weight is 235 g/mol. The minimum Gasteiger partial charge on any atom is -0.497 e. The number of ether oxygens (including phenoxy) is 1.